The Morgan fingerprint density at radius 1 is 1.37 bits per heavy atom. The van der Waals surface area contributed by atoms with E-state index in [1.807, 2.05) is 0 Å². The summed E-state index contributed by atoms with van der Waals surface area (Å²) in [7, 11) is -3.74. The van der Waals surface area contributed by atoms with Crippen molar-refractivity contribution in [2.75, 3.05) is 17.1 Å². The van der Waals surface area contributed by atoms with Gasteiger partial charge in [-0.1, -0.05) is 23.2 Å². The summed E-state index contributed by atoms with van der Waals surface area (Å²) in [4.78, 5) is 11.2. The van der Waals surface area contributed by atoms with Gasteiger partial charge >= 0.3 is 0 Å². The highest BCUT2D eigenvalue weighted by Crippen LogP contribution is 2.32. The van der Waals surface area contributed by atoms with Gasteiger partial charge in [0.05, 0.1) is 33.7 Å². The average molecular weight is 329 g/mol. The molecule has 0 aromatic heterocycles. The number of primary amides is 1. The van der Waals surface area contributed by atoms with Crippen LogP contribution < -0.4 is 10.5 Å². The first-order chi connectivity index (χ1) is 8.78. The van der Waals surface area contributed by atoms with E-state index >= 15 is 0 Å². The quantitative estimate of drug-likeness (QED) is 0.838. The van der Waals surface area contributed by atoms with Crippen LogP contribution in [0.25, 0.3) is 0 Å². The molecule has 0 spiro atoms. The van der Waals surface area contributed by atoms with Gasteiger partial charge < -0.3 is 5.73 Å². The number of nitrogens with one attached hydrogen (secondary N) is 1. The first-order valence-corrected chi connectivity index (χ1v) is 7.53. The maximum Gasteiger partial charge on any atom is 0.251 e. The molecule has 1 aromatic rings. The molecule has 0 heterocycles. The molecule has 106 valence electrons. The normalized spacial score (nSPS) is 11.3. The number of hydrogen-bond acceptors (Lipinski definition) is 3. The molecule has 0 saturated carbocycles. The Bertz CT molecular complexity index is 593. The lowest BCUT2D eigenvalue weighted by molar-refractivity contribution is 0.100. The zero-order valence-corrected chi connectivity index (χ0v) is 11.9. The molecule has 0 aliphatic carbocycles. The molecule has 3 N–H and O–H groups in total. The summed E-state index contributed by atoms with van der Waals surface area (Å²) in [6.07, 6.45) is -0.136. The van der Waals surface area contributed by atoms with E-state index in [4.69, 9.17) is 28.9 Å². The van der Waals surface area contributed by atoms with Crippen molar-refractivity contribution in [3.8, 4) is 0 Å². The van der Waals surface area contributed by atoms with Gasteiger partial charge in [-0.25, -0.2) is 8.42 Å². The third-order valence-electron chi connectivity index (χ3n) is 2.15. The van der Waals surface area contributed by atoms with Gasteiger partial charge in [-0.05, 0) is 18.6 Å². The Hall–Kier alpha value is -1.05. The molecule has 0 unspecified atom stereocenters. The molecule has 0 aliphatic heterocycles. The standard InChI is InChI=1S/C10H11Cl2FN2O3S/c11-6-2-3-7(9(12)8(6)10(14)16)15-19(17,18)5-1-4-13/h2-3,15H,1,4-5H2,(H2,14,16). The van der Waals surface area contributed by atoms with E-state index < -0.39 is 28.4 Å². The molecule has 0 radical (unpaired) electrons. The fourth-order valence-electron chi connectivity index (χ4n) is 1.32. The number of carbonyl (C=O) groups excluding carboxylic acids is 1. The molecule has 5 nitrogen and oxygen atoms in total. The molecular weight excluding hydrogens is 318 g/mol. The highest BCUT2D eigenvalue weighted by molar-refractivity contribution is 7.92. The van der Waals surface area contributed by atoms with Crippen LogP contribution >= 0.6 is 23.2 Å². The van der Waals surface area contributed by atoms with Crippen LogP contribution in [-0.4, -0.2) is 26.8 Å². The minimum atomic E-state index is -3.74. The summed E-state index contributed by atoms with van der Waals surface area (Å²) < 4.78 is 37.3. The highest BCUT2D eigenvalue weighted by atomic mass is 35.5. The van der Waals surface area contributed by atoms with Crippen molar-refractivity contribution in [2.24, 2.45) is 5.73 Å². The van der Waals surface area contributed by atoms with Crippen molar-refractivity contribution in [3.05, 3.63) is 27.7 Å². The van der Waals surface area contributed by atoms with E-state index in [-0.39, 0.29) is 27.7 Å². The zero-order chi connectivity index (χ0) is 14.6. The first-order valence-electron chi connectivity index (χ1n) is 5.12. The van der Waals surface area contributed by atoms with Crippen LogP contribution in [0.15, 0.2) is 12.1 Å². The third-order valence-corrected chi connectivity index (χ3v) is 4.21. The molecular formula is C10H11Cl2FN2O3S. The van der Waals surface area contributed by atoms with Crippen LogP contribution in [0.4, 0.5) is 10.1 Å². The Morgan fingerprint density at radius 3 is 2.53 bits per heavy atom. The maximum atomic E-state index is 12.0. The molecule has 0 saturated heterocycles. The second-order valence-corrected chi connectivity index (χ2v) is 6.24. The van der Waals surface area contributed by atoms with Crippen LogP contribution in [0.5, 0.6) is 0 Å². The van der Waals surface area contributed by atoms with Crippen molar-refractivity contribution < 1.29 is 17.6 Å². The largest absolute Gasteiger partial charge is 0.366 e. The van der Waals surface area contributed by atoms with E-state index in [0.29, 0.717) is 0 Å². The molecule has 0 bridgehead atoms. The van der Waals surface area contributed by atoms with E-state index in [1.54, 1.807) is 0 Å². The van der Waals surface area contributed by atoms with Gasteiger partial charge in [0.25, 0.3) is 5.91 Å². The lowest BCUT2D eigenvalue weighted by Crippen LogP contribution is -2.19. The Kier molecular flexibility index (Phi) is 5.39. The first kappa shape index (κ1) is 16.0. The average Bonchev–Trinajstić information content (AvgIpc) is 2.30. The van der Waals surface area contributed by atoms with Crippen LogP contribution in [0.2, 0.25) is 10.0 Å². The predicted molar refractivity (Wildman–Crippen MR) is 73.0 cm³/mol. The van der Waals surface area contributed by atoms with Crippen LogP contribution in [0, 0.1) is 0 Å². The minimum absolute atomic E-state index is 0.0178. The van der Waals surface area contributed by atoms with Crippen molar-refractivity contribution >= 4 is 44.8 Å². The van der Waals surface area contributed by atoms with Crippen molar-refractivity contribution in [3.63, 3.8) is 0 Å². The number of halogens is 3. The summed E-state index contributed by atoms with van der Waals surface area (Å²) >= 11 is 11.6. The molecule has 9 heteroatoms. The number of benzene rings is 1. The monoisotopic (exact) mass is 328 g/mol. The fraction of sp³-hybridized carbons (Fsp3) is 0.300. The molecule has 1 amide bonds. The van der Waals surface area contributed by atoms with Gasteiger partial charge in [-0.2, -0.15) is 0 Å². The Labute approximate surface area is 119 Å². The number of rotatable bonds is 6. The molecule has 0 fully saturated rings. The highest BCUT2D eigenvalue weighted by Gasteiger charge is 2.18. The predicted octanol–water partition coefficient (Wildman–Crippen LogP) is 2.19. The Balaban J connectivity index is 3.10. The van der Waals surface area contributed by atoms with Crippen LogP contribution in [0.1, 0.15) is 16.8 Å². The second kappa shape index (κ2) is 6.40. The van der Waals surface area contributed by atoms with Gasteiger partial charge in [-0.15, -0.1) is 0 Å². The smallest absolute Gasteiger partial charge is 0.251 e. The van der Waals surface area contributed by atoms with Crippen LogP contribution in [-0.2, 0) is 10.0 Å². The van der Waals surface area contributed by atoms with E-state index in [2.05, 4.69) is 4.72 Å². The van der Waals surface area contributed by atoms with E-state index in [9.17, 15) is 17.6 Å². The number of alkyl halides is 1. The minimum Gasteiger partial charge on any atom is -0.366 e. The van der Waals surface area contributed by atoms with E-state index in [1.165, 1.54) is 12.1 Å². The molecule has 1 rings (SSSR count). The summed E-state index contributed by atoms with van der Waals surface area (Å²) in [6, 6.07) is 2.59. The van der Waals surface area contributed by atoms with E-state index in [0.717, 1.165) is 0 Å². The molecule has 0 aliphatic rings. The zero-order valence-electron chi connectivity index (χ0n) is 9.62. The number of anilines is 1. The lowest BCUT2D eigenvalue weighted by Gasteiger charge is -2.11. The van der Waals surface area contributed by atoms with Crippen molar-refractivity contribution in [1.29, 1.82) is 0 Å². The van der Waals surface area contributed by atoms with Gasteiger partial charge in [-0.3, -0.25) is 13.9 Å². The second-order valence-electron chi connectivity index (χ2n) is 3.61. The van der Waals surface area contributed by atoms with Gasteiger partial charge in [0.2, 0.25) is 10.0 Å². The van der Waals surface area contributed by atoms with Crippen LogP contribution in [0.3, 0.4) is 0 Å². The summed E-state index contributed by atoms with van der Waals surface area (Å²) in [5, 5.41) is -0.173. The summed E-state index contributed by atoms with van der Waals surface area (Å²) in [5.41, 5.74) is 4.89. The van der Waals surface area contributed by atoms with Gasteiger partial charge in [0, 0.05) is 0 Å². The van der Waals surface area contributed by atoms with Gasteiger partial charge in [0.15, 0.2) is 0 Å². The van der Waals surface area contributed by atoms with Crippen molar-refractivity contribution in [1.82, 2.24) is 0 Å². The topological polar surface area (TPSA) is 89.3 Å². The number of nitrogens with two attached hydrogens (primary N) is 1. The summed E-state index contributed by atoms with van der Waals surface area (Å²) in [5.74, 6) is -1.27. The fourth-order valence-corrected chi connectivity index (χ4v) is 3.08. The van der Waals surface area contributed by atoms with Crippen molar-refractivity contribution in [2.45, 2.75) is 6.42 Å². The summed E-state index contributed by atoms with van der Waals surface area (Å²) in [6.45, 7) is -0.748. The maximum absolute atomic E-state index is 12.0. The molecule has 1 aromatic carbocycles. The lowest BCUT2D eigenvalue weighted by atomic mass is 10.2. The number of carbonyl (C=O) groups is 1. The SMILES string of the molecule is NC(=O)c1c(Cl)ccc(NS(=O)(=O)CCCF)c1Cl. The third kappa shape index (κ3) is 4.22. The molecule has 0 atom stereocenters. The number of sulfonamides is 1. The Morgan fingerprint density at radius 2 is 2.00 bits per heavy atom. The number of hydrogen-bond donors (Lipinski definition) is 2. The number of amides is 1. The van der Waals surface area contributed by atoms with Gasteiger partial charge in [0.1, 0.15) is 0 Å². The molecule has 19 heavy (non-hydrogen) atoms.